The fourth-order valence-corrected chi connectivity index (χ4v) is 3.18. The molecular formula is C13H20N2O4S. The third-order valence-corrected chi connectivity index (χ3v) is 4.19. The third kappa shape index (κ3) is 3.96. The van der Waals surface area contributed by atoms with Crippen molar-refractivity contribution in [3.8, 4) is 0 Å². The van der Waals surface area contributed by atoms with E-state index < -0.39 is 0 Å². The smallest absolute Gasteiger partial charge is 0.309 e. The van der Waals surface area contributed by atoms with E-state index in [1.54, 1.807) is 0 Å². The third-order valence-electron chi connectivity index (χ3n) is 3.18. The minimum Gasteiger partial charge on any atom is -0.460 e. The van der Waals surface area contributed by atoms with E-state index in [-0.39, 0.29) is 34.3 Å². The molecule has 0 aromatic heterocycles. The van der Waals surface area contributed by atoms with Gasteiger partial charge in [0.1, 0.15) is 6.10 Å². The Labute approximate surface area is 122 Å². The van der Waals surface area contributed by atoms with Crippen molar-refractivity contribution in [3.05, 3.63) is 0 Å². The standard InChI is InChI=1S/C13H20N2O4S/c1-7(2)5-18-6-9-3-8(12(17)19-9)4-10-11(16)15-13(14)20-10/h7-10H,3-6H2,1-2H3,(H2,14,15,16)/t8-,9+,10+/m1/s1. The molecular weight excluding hydrogens is 280 g/mol. The van der Waals surface area contributed by atoms with E-state index >= 15 is 0 Å². The van der Waals surface area contributed by atoms with Crippen molar-refractivity contribution >= 4 is 28.8 Å². The molecule has 6 nitrogen and oxygen atoms in total. The van der Waals surface area contributed by atoms with Crippen molar-refractivity contribution in [2.45, 2.75) is 38.0 Å². The summed E-state index contributed by atoms with van der Waals surface area (Å²) in [5, 5.41) is -0.0638. The Morgan fingerprint density at radius 2 is 2.25 bits per heavy atom. The highest BCUT2D eigenvalue weighted by Crippen LogP contribution is 2.32. The molecule has 2 aliphatic rings. The number of hydrogen-bond donors (Lipinski definition) is 1. The maximum Gasteiger partial charge on any atom is 0.309 e. The number of rotatable bonds is 6. The minimum absolute atomic E-state index is 0.203. The van der Waals surface area contributed by atoms with Crippen LogP contribution >= 0.6 is 11.8 Å². The number of cyclic esters (lactones) is 1. The van der Waals surface area contributed by atoms with Gasteiger partial charge in [0.2, 0.25) is 0 Å². The second-order valence-electron chi connectivity index (χ2n) is 5.55. The van der Waals surface area contributed by atoms with E-state index in [1.807, 2.05) is 0 Å². The maximum atomic E-state index is 11.8. The van der Waals surface area contributed by atoms with Crippen molar-refractivity contribution in [3.63, 3.8) is 0 Å². The molecule has 1 fully saturated rings. The van der Waals surface area contributed by atoms with E-state index in [9.17, 15) is 9.59 Å². The first-order valence-electron chi connectivity index (χ1n) is 6.78. The summed E-state index contributed by atoms with van der Waals surface area (Å²) >= 11 is 1.22. The van der Waals surface area contributed by atoms with Gasteiger partial charge in [-0.3, -0.25) is 9.59 Å². The lowest BCUT2D eigenvalue weighted by Gasteiger charge is -2.11. The van der Waals surface area contributed by atoms with Crippen LogP contribution in [0, 0.1) is 11.8 Å². The van der Waals surface area contributed by atoms with Gasteiger partial charge in [0.05, 0.1) is 17.8 Å². The quantitative estimate of drug-likeness (QED) is 0.734. The topological polar surface area (TPSA) is 91.0 Å². The largest absolute Gasteiger partial charge is 0.460 e. The summed E-state index contributed by atoms with van der Waals surface area (Å²) in [6, 6.07) is 0. The van der Waals surface area contributed by atoms with Crippen molar-refractivity contribution < 1.29 is 19.1 Å². The number of aliphatic imine (C=N–C) groups is 1. The van der Waals surface area contributed by atoms with Gasteiger partial charge in [-0.1, -0.05) is 25.6 Å². The Morgan fingerprint density at radius 1 is 1.50 bits per heavy atom. The van der Waals surface area contributed by atoms with Crippen LogP contribution < -0.4 is 5.73 Å². The Bertz CT molecular complexity index is 425. The number of carbonyl (C=O) groups is 2. The zero-order valence-corrected chi connectivity index (χ0v) is 12.5. The fraction of sp³-hybridized carbons (Fsp3) is 0.769. The van der Waals surface area contributed by atoms with Gasteiger partial charge in [-0.15, -0.1) is 0 Å². The molecule has 2 N–H and O–H groups in total. The Morgan fingerprint density at radius 3 is 2.85 bits per heavy atom. The molecule has 2 rings (SSSR count). The molecule has 0 saturated carbocycles. The summed E-state index contributed by atoms with van der Waals surface area (Å²) in [6.07, 6.45) is 0.833. The highest BCUT2D eigenvalue weighted by Gasteiger charge is 2.39. The molecule has 0 bridgehead atoms. The number of nitrogens with zero attached hydrogens (tertiary/aromatic N) is 1. The van der Waals surface area contributed by atoms with Crippen LogP contribution in [0.1, 0.15) is 26.7 Å². The molecule has 0 aliphatic carbocycles. The number of ether oxygens (including phenoxy) is 2. The number of nitrogens with two attached hydrogens (primary N) is 1. The van der Waals surface area contributed by atoms with Gasteiger partial charge in [-0.05, 0) is 18.8 Å². The lowest BCUT2D eigenvalue weighted by Crippen LogP contribution is -2.19. The molecule has 3 atom stereocenters. The first-order valence-corrected chi connectivity index (χ1v) is 7.66. The van der Waals surface area contributed by atoms with E-state index in [0.29, 0.717) is 32.0 Å². The van der Waals surface area contributed by atoms with E-state index in [2.05, 4.69) is 18.8 Å². The predicted octanol–water partition coefficient (Wildman–Crippen LogP) is 0.937. The zero-order chi connectivity index (χ0) is 14.7. The van der Waals surface area contributed by atoms with Gasteiger partial charge in [0.15, 0.2) is 5.17 Å². The first kappa shape index (κ1) is 15.3. The van der Waals surface area contributed by atoms with Crippen molar-refractivity contribution in [1.29, 1.82) is 0 Å². The monoisotopic (exact) mass is 300 g/mol. The van der Waals surface area contributed by atoms with Crippen LogP contribution in [0.4, 0.5) is 0 Å². The van der Waals surface area contributed by atoms with Crippen LogP contribution in [0.2, 0.25) is 0 Å². The normalized spacial score (nSPS) is 29.9. The predicted molar refractivity (Wildman–Crippen MR) is 76.3 cm³/mol. The Kier molecular flexibility index (Phi) is 5.04. The number of esters is 1. The molecule has 1 saturated heterocycles. The summed E-state index contributed by atoms with van der Waals surface area (Å²) in [7, 11) is 0. The number of carbonyl (C=O) groups excluding carboxylic acids is 2. The molecule has 112 valence electrons. The van der Waals surface area contributed by atoms with Crippen molar-refractivity contribution in [2.75, 3.05) is 13.2 Å². The molecule has 7 heteroatoms. The summed E-state index contributed by atoms with van der Waals surface area (Å²) in [6.45, 7) is 5.21. The highest BCUT2D eigenvalue weighted by atomic mass is 32.2. The molecule has 0 radical (unpaired) electrons. The SMILES string of the molecule is CC(C)COC[C@@H]1C[C@H](C[C@@H]2SC(N)=NC2=O)C(=O)O1. The number of amides is 1. The van der Waals surface area contributed by atoms with Gasteiger partial charge in [-0.25, -0.2) is 0 Å². The minimum atomic E-state index is -0.345. The summed E-state index contributed by atoms with van der Waals surface area (Å²) in [5.74, 6) is -0.303. The zero-order valence-electron chi connectivity index (χ0n) is 11.7. The molecule has 1 amide bonds. The second-order valence-corrected chi connectivity index (χ2v) is 6.78. The molecule has 2 aliphatic heterocycles. The second kappa shape index (κ2) is 6.58. The van der Waals surface area contributed by atoms with E-state index in [1.165, 1.54) is 11.8 Å². The Balaban J connectivity index is 1.77. The van der Waals surface area contributed by atoms with Gasteiger partial charge in [-0.2, -0.15) is 4.99 Å². The molecule has 2 heterocycles. The summed E-state index contributed by atoms with van der Waals surface area (Å²) < 4.78 is 10.8. The van der Waals surface area contributed by atoms with Crippen molar-refractivity contribution in [2.24, 2.45) is 22.6 Å². The number of amidine groups is 1. The summed E-state index contributed by atoms with van der Waals surface area (Å²) in [4.78, 5) is 27.0. The van der Waals surface area contributed by atoms with Crippen LogP contribution in [0.5, 0.6) is 0 Å². The van der Waals surface area contributed by atoms with Crippen molar-refractivity contribution in [1.82, 2.24) is 0 Å². The molecule has 0 aromatic rings. The van der Waals surface area contributed by atoms with E-state index in [0.717, 1.165) is 0 Å². The highest BCUT2D eigenvalue weighted by molar-refractivity contribution is 8.15. The Hall–Kier alpha value is -1.08. The first-order chi connectivity index (χ1) is 9.45. The molecule has 0 unspecified atom stereocenters. The summed E-state index contributed by atoms with van der Waals surface area (Å²) in [5.41, 5.74) is 5.50. The van der Waals surface area contributed by atoms with Gasteiger partial charge in [0, 0.05) is 6.61 Å². The maximum absolute atomic E-state index is 11.8. The lowest BCUT2D eigenvalue weighted by molar-refractivity contribution is -0.146. The average Bonchev–Trinajstić information content (AvgIpc) is 2.83. The van der Waals surface area contributed by atoms with E-state index in [4.69, 9.17) is 15.2 Å². The average molecular weight is 300 g/mol. The van der Waals surface area contributed by atoms with Crippen LogP contribution in [0.15, 0.2) is 4.99 Å². The fourth-order valence-electron chi connectivity index (χ4n) is 2.26. The number of thioether (sulfide) groups is 1. The van der Waals surface area contributed by atoms with Gasteiger partial charge in [0.25, 0.3) is 5.91 Å². The molecule has 20 heavy (non-hydrogen) atoms. The van der Waals surface area contributed by atoms with Crippen LogP contribution in [-0.4, -0.2) is 41.6 Å². The van der Waals surface area contributed by atoms with Crippen LogP contribution in [-0.2, 0) is 19.1 Å². The van der Waals surface area contributed by atoms with Crippen LogP contribution in [0.25, 0.3) is 0 Å². The van der Waals surface area contributed by atoms with Gasteiger partial charge < -0.3 is 15.2 Å². The molecule has 0 aromatic carbocycles. The van der Waals surface area contributed by atoms with Gasteiger partial charge >= 0.3 is 5.97 Å². The molecule has 0 spiro atoms. The number of hydrogen-bond acceptors (Lipinski definition) is 6. The lowest BCUT2D eigenvalue weighted by atomic mass is 9.99. The van der Waals surface area contributed by atoms with Crippen LogP contribution in [0.3, 0.4) is 0 Å².